The predicted molar refractivity (Wildman–Crippen MR) is 68.3 cm³/mol. The van der Waals surface area contributed by atoms with Crippen molar-refractivity contribution < 1.29 is 9.47 Å². The van der Waals surface area contributed by atoms with Crippen LogP contribution in [-0.4, -0.2) is 19.3 Å². The smallest absolute Gasteiger partial charge is 0.127 e. The SMILES string of the molecule is CCOC(C)C(N)c1cccc2c1OCCC2. The Bertz CT molecular complexity index is 378. The molecule has 17 heavy (non-hydrogen) atoms. The van der Waals surface area contributed by atoms with E-state index in [-0.39, 0.29) is 12.1 Å². The molecule has 2 N–H and O–H groups in total. The van der Waals surface area contributed by atoms with E-state index in [1.54, 1.807) is 0 Å². The van der Waals surface area contributed by atoms with Crippen LogP contribution in [0.15, 0.2) is 18.2 Å². The number of hydrogen-bond donors (Lipinski definition) is 1. The Morgan fingerprint density at radius 1 is 1.47 bits per heavy atom. The van der Waals surface area contributed by atoms with E-state index in [2.05, 4.69) is 12.1 Å². The third-order valence-corrected chi connectivity index (χ3v) is 3.26. The number of para-hydroxylation sites is 1. The summed E-state index contributed by atoms with van der Waals surface area (Å²) in [6.07, 6.45) is 2.18. The molecule has 94 valence electrons. The van der Waals surface area contributed by atoms with E-state index < -0.39 is 0 Å². The summed E-state index contributed by atoms with van der Waals surface area (Å²) in [5.74, 6) is 0.984. The Kier molecular flexibility index (Phi) is 4.02. The standard InChI is InChI=1S/C14H21NO2/c1-3-16-10(2)13(15)12-8-4-6-11-7-5-9-17-14(11)12/h4,6,8,10,13H,3,5,7,9,15H2,1-2H3. The lowest BCUT2D eigenvalue weighted by Crippen LogP contribution is -2.27. The van der Waals surface area contributed by atoms with Crippen molar-refractivity contribution in [2.24, 2.45) is 5.73 Å². The number of hydrogen-bond acceptors (Lipinski definition) is 3. The number of benzene rings is 1. The monoisotopic (exact) mass is 235 g/mol. The molecule has 3 heteroatoms. The third kappa shape index (κ3) is 2.61. The Morgan fingerprint density at radius 2 is 2.29 bits per heavy atom. The average molecular weight is 235 g/mol. The molecular formula is C14H21NO2. The molecule has 0 saturated carbocycles. The Hall–Kier alpha value is -1.06. The first kappa shape index (κ1) is 12.4. The molecule has 0 aromatic heterocycles. The molecule has 1 aliphatic heterocycles. The molecule has 0 spiro atoms. The molecule has 0 radical (unpaired) electrons. The van der Waals surface area contributed by atoms with Gasteiger partial charge in [-0.15, -0.1) is 0 Å². The van der Waals surface area contributed by atoms with Gasteiger partial charge < -0.3 is 15.2 Å². The first-order chi connectivity index (χ1) is 8.24. The molecule has 1 aromatic rings. The zero-order valence-electron chi connectivity index (χ0n) is 10.6. The normalized spacial score (nSPS) is 18.1. The van der Waals surface area contributed by atoms with Crippen molar-refractivity contribution in [2.75, 3.05) is 13.2 Å². The van der Waals surface area contributed by atoms with E-state index in [9.17, 15) is 0 Å². The largest absolute Gasteiger partial charge is 0.493 e. The van der Waals surface area contributed by atoms with Crippen molar-refractivity contribution in [3.63, 3.8) is 0 Å². The molecule has 1 heterocycles. The van der Waals surface area contributed by atoms with E-state index in [1.807, 2.05) is 19.9 Å². The van der Waals surface area contributed by atoms with Gasteiger partial charge in [0.2, 0.25) is 0 Å². The van der Waals surface area contributed by atoms with Crippen LogP contribution in [0, 0.1) is 0 Å². The lowest BCUT2D eigenvalue weighted by molar-refractivity contribution is 0.0565. The summed E-state index contributed by atoms with van der Waals surface area (Å²) >= 11 is 0. The fraction of sp³-hybridized carbons (Fsp3) is 0.571. The summed E-state index contributed by atoms with van der Waals surface area (Å²) in [7, 11) is 0. The van der Waals surface area contributed by atoms with Crippen LogP contribution in [0.2, 0.25) is 0 Å². The second-order valence-corrected chi connectivity index (χ2v) is 4.47. The minimum atomic E-state index is -0.122. The first-order valence-electron chi connectivity index (χ1n) is 6.35. The number of nitrogens with two attached hydrogens (primary N) is 1. The van der Waals surface area contributed by atoms with Gasteiger partial charge in [0.05, 0.1) is 18.8 Å². The van der Waals surface area contributed by atoms with Crippen LogP contribution in [0.1, 0.15) is 37.4 Å². The zero-order valence-corrected chi connectivity index (χ0v) is 10.6. The maximum absolute atomic E-state index is 6.24. The fourth-order valence-corrected chi connectivity index (χ4v) is 2.30. The van der Waals surface area contributed by atoms with Gasteiger partial charge in [0.15, 0.2) is 0 Å². The van der Waals surface area contributed by atoms with Crippen LogP contribution < -0.4 is 10.5 Å². The lowest BCUT2D eigenvalue weighted by atomic mass is 9.96. The van der Waals surface area contributed by atoms with Crippen LogP contribution in [0.5, 0.6) is 5.75 Å². The Balaban J connectivity index is 2.25. The van der Waals surface area contributed by atoms with Crippen molar-refractivity contribution in [1.29, 1.82) is 0 Å². The maximum atomic E-state index is 6.24. The topological polar surface area (TPSA) is 44.5 Å². The molecule has 0 fully saturated rings. The van der Waals surface area contributed by atoms with Gasteiger partial charge in [-0.3, -0.25) is 0 Å². The second-order valence-electron chi connectivity index (χ2n) is 4.47. The summed E-state index contributed by atoms with van der Waals surface area (Å²) < 4.78 is 11.3. The lowest BCUT2D eigenvalue weighted by Gasteiger charge is -2.26. The molecular weight excluding hydrogens is 214 g/mol. The highest BCUT2D eigenvalue weighted by Gasteiger charge is 2.22. The van der Waals surface area contributed by atoms with Crippen molar-refractivity contribution in [1.82, 2.24) is 0 Å². The molecule has 0 bridgehead atoms. The van der Waals surface area contributed by atoms with Gasteiger partial charge in [-0.25, -0.2) is 0 Å². The predicted octanol–water partition coefficient (Wildman–Crippen LogP) is 2.44. The van der Waals surface area contributed by atoms with E-state index in [1.165, 1.54) is 5.56 Å². The minimum absolute atomic E-state index is 0.0111. The first-order valence-corrected chi connectivity index (χ1v) is 6.35. The summed E-state index contributed by atoms with van der Waals surface area (Å²) in [5.41, 5.74) is 8.59. The van der Waals surface area contributed by atoms with Gasteiger partial charge in [-0.1, -0.05) is 18.2 Å². The summed E-state index contributed by atoms with van der Waals surface area (Å²) in [6.45, 7) is 5.47. The number of fused-ring (bicyclic) bond motifs is 1. The van der Waals surface area contributed by atoms with E-state index in [4.69, 9.17) is 15.2 Å². The third-order valence-electron chi connectivity index (χ3n) is 3.26. The Morgan fingerprint density at radius 3 is 3.06 bits per heavy atom. The van der Waals surface area contributed by atoms with Gasteiger partial charge in [0, 0.05) is 12.2 Å². The summed E-state index contributed by atoms with van der Waals surface area (Å²) in [6, 6.07) is 6.10. The molecule has 2 unspecified atom stereocenters. The van der Waals surface area contributed by atoms with E-state index in [0.29, 0.717) is 6.61 Å². The highest BCUT2D eigenvalue weighted by Crippen LogP contribution is 2.33. The Labute approximate surface area is 103 Å². The van der Waals surface area contributed by atoms with Crippen LogP contribution >= 0.6 is 0 Å². The van der Waals surface area contributed by atoms with E-state index >= 15 is 0 Å². The van der Waals surface area contributed by atoms with Crippen molar-refractivity contribution in [2.45, 2.75) is 38.8 Å². The van der Waals surface area contributed by atoms with Gasteiger partial charge in [0.25, 0.3) is 0 Å². The summed E-state index contributed by atoms with van der Waals surface area (Å²) in [5, 5.41) is 0. The van der Waals surface area contributed by atoms with Gasteiger partial charge in [-0.2, -0.15) is 0 Å². The number of aryl methyl sites for hydroxylation is 1. The van der Waals surface area contributed by atoms with E-state index in [0.717, 1.165) is 30.8 Å². The number of ether oxygens (including phenoxy) is 2. The highest BCUT2D eigenvalue weighted by molar-refractivity contribution is 5.44. The van der Waals surface area contributed by atoms with Crippen LogP contribution in [-0.2, 0) is 11.2 Å². The molecule has 0 aliphatic carbocycles. The molecule has 3 nitrogen and oxygen atoms in total. The van der Waals surface area contributed by atoms with Crippen molar-refractivity contribution in [3.05, 3.63) is 29.3 Å². The highest BCUT2D eigenvalue weighted by atomic mass is 16.5. The van der Waals surface area contributed by atoms with Crippen LogP contribution in [0.25, 0.3) is 0 Å². The second kappa shape index (κ2) is 5.52. The molecule has 1 aromatic carbocycles. The van der Waals surface area contributed by atoms with Gasteiger partial charge in [0.1, 0.15) is 5.75 Å². The van der Waals surface area contributed by atoms with Crippen molar-refractivity contribution >= 4 is 0 Å². The minimum Gasteiger partial charge on any atom is -0.493 e. The molecule has 2 rings (SSSR count). The molecule has 2 atom stereocenters. The number of rotatable bonds is 4. The summed E-state index contributed by atoms with van der Waals surface area (Å²) in [4.78, 5) is 0. The maximum Gasteiger partial charge on any atom is 0.127 e. The quantitative estimate of drug-likeness (QED) is 0.871. The van der Waals surface area contributed by atoms with Gasteiger partial charge >= 0.3 is 0 Å². The average Bonchev–Trinajstić information content (AvgIpc) is 2.37. The fourth-order valence-electron chi connectivity index (χ4n) is 2.30. The van der Waals surface area contributed by atoms with Crippen LogP contribution in [0.4, 0.5) is 0 Å². The zero-order chi connectivity index (χ0) is 12.3. The van der Waals surface area contributed by atoms with Crippen LogP contribution in [0.3, 0.4) is 0 Å². The molecule has 1 aliphatic rings. The molecule has 0 amide bonds. The van der Waals surface area contributed by atoms with Crippen molar-refractivity contribution in [3.8, 4) is 5.75 Å². The molecule has 0 saturated heterocycles. The van der Waals surface area contributed by atoms with Gasteiger partial charge in [-0.05, 0) is 32.3 Å².